The molecular formula is C25H25NO4S. The van der Waals surface area contributed by atoms with Crippen molar-refractivity contribution in [3.8, 4) is 5.75 Å². The van der Waals surface area contributed by atoms with E-state index in [4.69, 9.17) is 4.74 Å². The summed E-state index contributed by atoms with van der Waals surface area (Å²) in [5.74, 6) is 0.0790. The lowest BCUT2D eigenvalue weighted by Crippen LogP contribution is -2.16. The Labute approximate surface area is 183 Å². The van der Waals surface area contributed by atoms with Crippen LogP contribution in [0.25, 0.3) is 6.08 Å². The number of anilines is 1. The van der Waals surface area contributed by atoms with E-state index >= 15 is 0 Å². The van der Waals surface area contributed by atoms with Gasteiger partial charge in [0.2, 0.25) is 5.91 Å². The molecule has 5 nitrogen and oxygen atoms in total. The van der Waals surface area contributed by atoms with Crippen LogP contribution in [0.3, 0.4) is 0 Å². The van der Waals surface area contributed by atoms with Crippen molar-refractivity contribution in [2.45, 2.75) is 20.0 Å². The number of rotatable bonds is 9. The minimum atomic E-state index is -3.48. The third kappa shape index (κ3) is 7.75. The van der Waals surface area contributed by atoms with Gasteiger partial charge >= 0.3 is 0 Å². The van der Waals surface area contributed by atoms with Crippen molar-refractivity contribution in [1.29, 1.82) is 0 Å². The highest BCUT2D eigenvalue weighted by molar-refractivity contribution is 7.94. The van der Waals surface area contributed by atoms with Crippen molar-refractivity contribution in [2.75, 3.05) is 11.1 Å². The van der Waals surface area contributed by atoms with Crippen LogP contribution in [0, 0.1) is 6.92 Å². The topological polar surface area (TPSA) is 72.5 Å². The molecule has 6 heteroatoms. The van der Waals surface area contributed by atoms with Gasteiger partial charge in [-0.25, -0.2) is 8.42 Å². The molecule has 0 aliphatic carbocycles. The van der Waals surface area contributed by atoms with Crippen LogP contribution < -0.4 is 10.1 Å². The first-order valence-electron chi connectivity index (χ1n) is 9.94. The average molecular weight is 436 g/mol. The molecule has 3 aromatic rings. The molecule has 0 aliphatic rings. The normalized spacial score (nSPS) is 11.4. The monoisotopic (exact) mass is 435 g/mol. The van der Waals surface area contributed by atoms with Gasteiger partial charge in [0.15, 0.2) is 9.84 Å². The van der Waals surface area contributed by atoms with Crippen LogP contribution in [0.15, 0.2) is 84.3 Å². The molecule has 1 N–H and O–H groups in total. The highest BCUT2D eigenvalue weighted by Gasteiger charge is 2.11. The van der Waals surface area contributed by atoms with Gasteiger partial charge in [0.05, 0.1) is 5.75 Å². The summed E-state index contributed by atoms with van der Waals surface area (Å²) in [5, 5.41) is 3.87. The molecule has 0 saturated carbocycles. The average Bonchev–Trinajstić information content (AvgIpc) is 2.78. The van der Waals surface area contributed by atoms with Crippen molar-refractivity contribution >= 4 is 27.5 Å². The molecule has 0 heterocycles. The summed E-state index contributed by atoms with van der Waals surface area (Å²) in [6, 6.07) is 24.3. The van der Waals surface area contributed by atoms with Crippen LogP contribution >= 0.6 is 0 Å². The standard InChI is InChI=1S/C25H25NO4S/c1-20-7-9-21(10-8-20)15-17-31(28,29)18-16-25(27)26-23-11-13-24(14-12-23)30-19-22-5-3-2-4-6-22/h2-15,17H,16,18-19H2,1H3,(H,26,27)/b17-15+. The molecule has 1 amide bonds. The van der Waals surface area contributed by atoms with Gasteiger partial charge in [0, 0.05) is 17.5 Å². The minimum Gasteiger partial charge on any atom is -0.489 e. The molecule has 0 radical (unpaired) electrons. The van der Waals surface area contributed by atoms with E-state index in [1.54, 1.807) is 30.3 Å². The molecule has 0 unspecified atom stereocenters. The van der Waals surface area contributed by atoms with Crippen molar-refractivity contribution in [3.05, 3.63) is 101 Å². The van der Waals surface area contributed by atoms with Crippen molar-refractivity contribution in [2.24, 2.45) is 0 Å². The van der Waals surface area contributed by atoms with Crippen LogP contribution in [0.5, 0.6) is 5.75 Å². The maximum Gasteiger partial charge on any atom is 0.225 e. The van der Waals surface area contributed by atoms with Crippen LogP contribution in [-0.2, 0) is 21.2 Å². The van der Waals surface area contributed by atoms with Crippen LogP contribution in [0.2, 0.25) is 0 Å². The number of amides is 1. The fourth-order valence-corrected chi connectivity index (χ4v) is 3.73. The molecule has 0 fully saturated rings. The van der Waals surface area contributed by atoms with E-state index in [9.17, 15) is 13.2 Å². The van der Waals surface area contributed by atoms with E-state index in [1.807, 2.05) is 61.5 Å². The second kappa shape index (κ2) is 10.6. The number of sulfone groups is 1. The fourth-order valence-electron chi connectivity index (χ4n) is 2.76. The summed E-state index contributed by atoms with van der Waals surface area (Å²) in [6.45, 7) is 2.43. The molecule has 0 aromatic heterocycles. The van der Waals surface area contributed by atoms with Crippen molar-refractivity contribution in [1.82, 2.24) is 0 Å². The third-order valence-corrected chi connectivity index (χ3v) is 5.87. The summed E-state index contributed by atoms with van der Waals surface area (Å²) in [4.78, 5) is 12.1. The van der Waals surface area contributed by atoms with E-state index in [0.29, 0.717) is 18.0 Å². The molecule has 31 heavy (non-hydrogen) atoms. The van der Waals surface area contributed by atoms with Gasteiger partial charge in [-0.3, -0.25) is 4.79 Å². The minimum absolute atomic E-state index is 0.118. The van der Waals surface area contributed by atoms with E-state index in [2.05, 4.69) is 5.32 Å². The van der Waals surface area contributed by atoms with Crippen LogP contribution in [0.4, 0.5) is 5.69 Å². The highest BCUT2D eigenvalue weighted by Crippen LogP contribution is 2.17. The maximum absolute atomic E-state index is 12.2. The zero-order valence-corrected chi connectivity index (χ0v) is 18.1. The second-order valence-corrected chi connectivity index (χ2v) is 9.18. The summed E-state index contributed by atoms with van der Waals surface area (Å²) < 4.78 is 30.1. The number of carbonyl (C=O) groups is 1. The number of nitrogens with one attached hydrogen (secondary N) is 1. The van der Waals surface area contributed by atoms with Gasteiger partial charge in [-0.2, -0.15) is 0 Å². The Kier molecular flexibility index (Phi) is 7.62. The maximum atomic E-state index is 12.2. The lowest BCUT2D eigenvalue weighted by molar-refractivity contribution is -0.115. The Balaban J connectivity index is 1.45. The van der Waals surface area contributed by atoms with E-state index in [-0.39, 0.29) is 18.1 Å². The van der Waals surface area contributed by atoms with Gasteiger partial charge < -0.3 is 10.1 Å². The SMILES string of the molecule is Cc1ccc(/C=C/S(=O)(=O)CCC(=O)Nc2ccc(OCc3ccccc3)cc2)cc1. The number of benzene rings is 3. The van der Waals surface area contributed by atoms with Crippen LogP contribution in [-0.4, -0.2) is 20.1 Å². The summed E-state index contributed by atoms with van der Waals surface area (Å²) in [6.07, 6.45) is 1.42. The molecule has 3 rings (SSSR count). The van der Waals surface area contributed by atoms with Gasteiger partial charge in [-0.05, 0) is 48.4 Å². The fraction of sp³-hybridized carbons (Fsp3) is 0.160. The number of hydrogen-bond donors (Lipinski definition) is 1. The van der Waals surface area contributed by atoms with Crippen molar-refractivity contribution < 1.29 is 17.9 Å². The zero-order chi connectivity index (χ0) is 22.1. The zero-order valence-electron chi connectivity index (χ0n) is 17.3. The highest BCUT2D eigenvalue weighted by atomic mass is 32.2. The number of hydrogen-bond acceptors (Lipinski definition) is 4. The molecule has 3 aromatic carbocycles. The van der Waals surface area contributed by atoms with Gasteiger partial charge in [-0.1, -0.05) is 60.2 Å². The number of aryl methyl sites for hydroxylation is 1. The summed E-state index contributed by atoms with van der Waals surface area (Å²) in [7, 11) is -3.48. The van der Waals surface area contributed by atoms with Gasteiger partial charge in [0.25, 0.3) is 0 Å². The number of carbonyl (C=O) groups excluding carboxylic acids is 1. The number of ether oxygens (including phenoxy) is 1. The van der Waals surface area contributed by atoms with E-state index in [1.165, 1.54) is 0 Å². The smallest absolute Gasteiger partial charge is 0.225 e. The first kappa shape index (κ1) is 22.3. The molecule has 0 aliphatic heterocycles. The lowest BCUT2D eigenvalue weighted by atomic mass is 10.2. The summed E-state index contributed by atoms with van der Waals surface area (Å²) in [5.41, 5.74) is 3.56. The lowest BCUT2D eigenvalue weighted by Gasteiger charge is -2.08. The molecule has 0 saturated heterocycles. The molecule has 0 atom stereocenters. The Morgan fingerprint density at radius 1 is 0.935 bits per heavy atom. The Morgan fingerprint density at radius 2 is 1.61 bits per heavy atom. The van der Waals surface area contributed by atoms with E-state index < -0.39 is 9.84 Å². The van der Waals surface area contributed by atoms with Gasteiger partial charge in [0.1, 0.15) is 12.4 Å². The molecule has 0 bridgehead atoms. The quantitative estimate of drug-likeness (QED) is 0.514. The van der Waals surface area contributed by atoms with E-state index in [0.717, 1.165) is 22.1 Å². The largest absolute Gasteiger partial charge is 0.489 e. The van der Waals surface area contributed by atoms with Crippen LogP contribution in [0.1, 0.15) is 23.1 Å². The summed E-state index contributed by atoms with van der Waals surface area (Å²) >= 11 is 0. The van der Waals surface area contributed by atoms with Crippen molar-refractivity contribution in [3.63, 3.8) is 0 Å². The first-order valence-corrected chi connectivity index (χ1v) is 11.7. The Hall–Kier alpha value is -3.38. The predicted octanol–water partition coefficient (Wildman–Crippen LogP) is 4.99. The molecule has 0 spiro atoms. The Morgan fingerprint density at radius 3 is 2.29 bits per heavy atom. The van der Waals surface area contributed by atoms with Gasteiger partial charge in [-0.15, -0.1) is 0 Å². The predicted molar refractivity (Wildman–Crippen MR) is 124 cm³/mol. The Bertz CT molecular complexity index is 1120. The third-order valence-electron chi connectivity index (χ3n) is 4.55. The molecule has 160 valence electrons. The first-order chi connectivity index (χ1) is 14.9. The molecular weight excluding hydrogens is 410 g/mol. The second-order valence-electron chi connectivity index (χ2n) is 7.18.